The molecular weight excluding hydrogens is 402 g/mol. The van der Waals surface area contributed by atoms with Crippen LogP contribution in [0, 0.1) is 0 Å². The number of anilines is 1. The fourth-order valence-electron chi connectivity index (χ4n) is 3.42. The van der Waals surface area contributed by atoms with Crippen molar-refractivity contribution < 1.29 is 19.1 Å². The lowest BCUT2D eigenvalue weighted by Crippen LogP contribution is -2.14. The van der Waals surface area contributed by atoms with Gasteiger partial charge < -0.3 is 14.8 Å². The Bertz CT molecular complexity index is 1130. The van der Waals surface area contributed by atoms with Crippen molar-refractivity contribution in [1.29, 1.82) is 0 Å². The number of carbonyl (C=O) groups excluding carboxylic acids is 2. The van der Waals surface area contributed by atoms with Crippen molar-refractivity contribution in [3.63, 3.8) is 0 Å². The molecule has 0 aromatic heterocycles. The highest BCUT2D eigenvalue weighted by molar-refractivity contribution is 6.05. The molecule has 0 spiro atoms. The summed E-state index contributed by atoms with van der Waals surface area (Å²) in [5, 5.41) is 2.85. The smallest absolute Gasteiger partial charge is 0.255 e. The summed E-state index contributed by atoms with van der Waals surface area (Å²) in [6, 6.07) is 20.1. The van der Waals surface area contributed by atoms with E-state index in [2.05, 4.69) is 32.2 Å². The second kappa shape index (κ2) is 9.69. The first-order chi connectivity index (χ1) is 15.2. The molecule has 0 unspecified atom stereocenters. The number of ketones is 1. The van der Waals surface area contributed by atoms with E-state index in [4.69, 9.17) is 9.47 Å². The van der Waals surface area contributed by atoms with E-state index < -0.39 is 0 Å². The molecule has 1 amide bonds. The molecule has 0 radical (unpaired) electrons. The molecule has 32 heavy (non-hydrogen) atoms. The van der Waals surface area contributed by atoms with Gasteiger partial charge in [-0.25, -0.2) is 0 Å². The van der Waals surface area contributed by atoms with Crippen molar-refractivity contribution >= 4 is 17.4 Å². The minimum atomic E-state index is -0.273. The van der Waals surface area contributed by atoms with E-state index in [9.17, 15) is 9.59 Å². The first kappa shape index (κ1) is 23.1. The minimum absolute atomic E-state index is 0.0551. The average molecular weight is 432 g/mol. The summed E-state index contributed by atoms with van der Waals surface area (Å²) in [6.07, 6.45) is 0. The third-order valence-electron chi connectivity index (χ3n) is 5.15. The van der Waals surface area contributed by atoms with E-state index in [-0.39, 0.29) is 23.7 Å². The van der Waals surface area contributed by atoms with E-state index in [0.29, 0.717) is 22.6 Å². The average Bonchev–Trinajstić information content (AvgIpc) is 2.77. The van der Waals surface area contributed by atoms with Crippen LogP contribution < -0.4 is 14.8 Å². The van der Waals surface area contributed by atoms with Crippen LogP contribution in [0.15, 0.2) is 66.7 Å². The number of amides is 1. The molecule has 0 fully saturated rings. The maximum atomic E-state index is 12.8. The standard InChI is InChI=1S/C27H29NO4/c1-18(29)19-9-8-10-22(16-19)28-26(30)20-13-14-24(31-5)21(15-20)17-32-25-12-7-6-11-23(25)27(2,3)4/h6-16H,17H2,1-5H3,(H,28,30). The molecule has 0 saturated carbocycles. The number of hydrogen-bond donors (Lipinski definition) is 1. The van der Waals surface area contributed by atoms with Crippen LogP contribution in [0.25, 0.3) is 0 Å². The number of nitrogens with one attached hydrogen (secondary N) is 1. The molecule has 166 valence electrons. The van der Waals surface area contributed by atoms with Gasteiger partial charge in [-0.1, -0.05) is 51.1 Å². The molecule has 0 aliphatic carbocycles. The zero-order chi connectivity index (χ0) is 23.3. The SMILES string of the molecule is COc1ccc(C(=O)Nc2cccc(C(C)=O)c2)cc1COc1ccccc1C(C)(C)C. The van der Waals surface area contributed by atoms with Gasteiger partial charge in [0.05, 0.1) is 7.11 Å². The summed E-state index contributed by atoms with van der Waals surface area (Å²) in [5.41, 5.74) is 3.40. The number of methoxy groups -OCH3 is 1. The van der Waals surface area contributed by atoms with Crippen LogP contribution >= 0.6 is 0 Å². The Hall–Kier alpha value is -3.60. The molecule has 0 heterocycles. The zero-order valence-corrected chi connectivity index (χ0v) is 19.2. The summed E-state index contributed by atoms with van der Waals surface area (Å²) in [5.74, 6) is 1.12. The molecular formula is C27H29NO4. The maximum Gasteiger partial charge on any atom is 0.255 e. The van der Waals surface area contributed by atoms with E-state index in [0.717, 1.165) is 16.9 Å². The van der Waals surface area contributed by atoms with Gasteiger partial charge in [0.25, 0.3) is 5.91 Å². The number of benzene rings is 3. The van der Waals surface area contributed by atoms with Crippen LogP contribution in [-0.2, 0) is 12.0 Å². The molecule has 3 rings (SSSR count). The van der Waals surface area contributed by atoms with Gasteiger partial charge in [-0.05, 0) is 54.3 Å². The Morgan fingerprint density at radius 3 is 2.31 bits per heavy atom. The highest BCUT2D eigenvalue weighted by Gasteiger charge is 2.19. The minimum Gasteiger partial charge on any atom is -0.496 e. The molecule has 3 aromatic rings. The lowest BCUT2D eigenvalue weighted by Gasteiger charge is -2.23. The zero-order valence-electron chi connectivity index (χ0n) is 19.2. The quantitative estimate of drug-likeness (QED) is 0.464. The Balaban J connectivity index is 1.81. The Morgan fingerprint density at radius 1 is 0.875 bits per heavy atom. The lowest BCUT2D eigenvalue weighted by atomic mass is 9.86. The van der Waals surface area contributed by atoms with Crippen molar-refractivity contribution in [3.05, 3.63) is 89.0 Å². The summed E-state index contributed by atoms with van der Waals surface area (Å²) < 4.78 is 11.6. The third kappa shape index (κ3) is 5.55. The highest BCUT2D eigenvalue weighted by Crippen LogP contribution is 2.32. The Morgan fingerprint density at radius 2 is 1.62 bits per heavy atom. The predicted octanol–water partition coefficient (Wildman–Crippen LogP) is 6.03. The molecule has 1 N–H and O–H groups in total. The molecule has 0 atom stereocenters. The topological polar surface area (TPSA) is 64.6 Å². The van der Waals surface area contributed by atoms with Crippen LogP contribution in [0.5, 0.6) is 11.5 Å². The molecule has 0 aliphatic heterocycles. The fourth-order valence-corrected chi connectivity index (χ4v) is 3.42. The number of para-hydroxylation sites is 1. The van der Waals surface area contributed by atoms with Gasteiger partial charge in [-0.2, -0.15) is 0 Å². The van der Waals surface area contributed by atoms with Gasteiger partial charge in [-0.15, -0.1) is 0 Å². The summed E-state index contributed by atoms with van der Waals surface area (Å²) >= 11 is 0. The van der Waals surface area contributed by atoms with E-state index in [1.165, 1.54) is 6.92 Å². The Kier molecular flexibility index (Phi) is 6.98. The van der Waals surface area contributed by atoms with Crippen LogP contribution in [-0.4, -0.2) is 18.8 Å². The van der Waals surface area contributed by atoms with Gasteiger partial charge in [-0.3, -0.25) is 9.59 Å². The predicted molar refractivity (Wildman–Crippen MR) is 127 cm³/mol. The van der Waals surface area contributed by atoms with Crippen molar-refractivity contribution in [3.8, 4) is 11.5 Å². The first-order valence-corrected chi connectivity index (χ1v) is 10.5. The normalized spacial score (nSPS) is 11.0. The Labute approximate surface area is 189 Å². The fraction of sp³-hybridized carbons (Fsp3) is 0.259. The second-order valence-corrected chi connectivity index (χ2v) is 8.65. The maximum absolute atomic E-state index is 12.8. The summed E-state index contributed by atoms with van der Waals surface area (Å²) in [7, 11) is 1.59. The van der Waals surface area contributed by atoms with Crippen molar-refractivity contribution in [2.24, 2.45) is 0 Å². The van der Waals surface area contributed by atoms with Crippen LogP contribution in [0.1, 0.15) is 59.5 Å². The first-order valence-electron chi connectivity index (χ1n) is 10.5. The van der Waals surface area contributed by atoms with Gasteiger partial charge >= 0.3 is 0 Å². The number of ether oxygens (including phenoxy) is 2. The molecule has 5 nitrogen and oxygen atoms in total. The molecule has 0 saturated heterocycles. The number of Topliss-reactive ketones (excluding diaryl/α,β-unsaturated/α-hetero) is 1. The summed E-state index contributed by atoms with van der Waals surface area (Å²) in [6.45, 7) is 8.18. The number of rotatable bonds is 7. The van der Waals surface area contributed by atoms with Crippen LogP contribution in [0.4, 0.5) is 5.69 Å². The molecule has 0 bridgehead atoms. The highest BCUT2D eigenvalue weighted by atomic mass is 16.5. The monoisotopic (exact) mass is 431 g/mol. The molecule has 0 aliphatic rings. The lowest BCUT2D eigenvalue weighted by molar-refractivity contribution is 0.101. The summed E-state index contributed by atoms with van der Waals surface area (Å²) in [4.78, 5) is 24.4. The third-order valence-corrected chi connectivity index (χ3v) is 5.15. The molecule has 3 aromatic carbocycles. The van der Waals surface area contributed by atoms with E-state index >= 15 is 0 Å². The van der Waals surface area contributed by atoms with Crippen LogP contribution in [0.2, 0.25) is 0 Å². The largest absolute Gasteiger partial charge is 0.496 e. The van der Waals surface area contributed by atoms with Gasteiger partial charge in [0.15, 0.2) is 5.78 Å². The van der Waals surface area contributed by atoms with Crippen LogP contribution in [0.3, 0.4) is 0 Å². The number of hydrogen-bond acceptors (Lipinski definition) is 4. The van der Waals surface area contributed by atoms with Gasteiger partial charge in [0.2, 0.25) is 0 Å². The van der Waals surface area contributed by atoms with Crippen molar-refractivity contribution in [2.75, 3.05) is 12.4 Å². The second-order valence-electron chi connectivity index (χ2n) is 8.65. The molecule has 5 heteroatoms. The van der Waals surface area contributed by atoms with Crippen molar-refractivity contribution in [1.82, 2.24) is 0 Å². The van der Waals surface area contributed by atoms with Gasteiger partial charge in [0, 0.05) is 22.4 Å². The van der Waals surface area contributed by atoms with Gasteiger partial charge in [0.1, 0.15) is 18.1 Å². The van der Waals surface area contributed by atoms with E-state index in [1.54, 1.807) is 49.6 Å². The van der Waals surface area contributed by atoms with Crippen molar-refractivity contribution in [2.45, 2.75) is 39.7 Å². The number of carbonyl (C=O) groups is 2. The van der Waals surface area contributed by atoms with E-state index in [1.807, 2.05) is 18.2 Å².